The van der Waals surface area contributed by atoms with Gasteiger partial charge in [0.2, 0.25) is 0 Å². The zero-order valence-corrected chi connectivity index (χ0v) is 11.7. The first-order valence-corrected chi connectivity index (χ1v) is 6.82. The molecule has 0 spiro atoms. The van der Waals surface area contributed by atoms with Gasteiger partial charge in [0.25, 0.3) is 0 Å². The van der Waals surface area contributed by atoms with Crippen LogP contribution in [0.2, 0.25) is 0 Å². The van der Waals surface area contributed by atoms with E-state index in [4.69, 9.17) is 0 Å². The number of rotatable bonds is 2. The molecule has 0 aromatic heterocycles. The third kappa shape index (κ3) is 2.90. The van der Waals surface area contributed by atoms with Crippen molar-refractivity contribution in [1.82, 2.24) is 0 Å². The fraction of sp³-hybridized carbons (Fsp3) is 0.0526. The van der Waals surface area contributed by atoms with Gasteiger partial charge in [0.1, 0.15) is 11.5 Å². The number of fused-ring (bicyclic) bond motifs is 1. The lowest BCUT2D eigenvalue weighted by Gasteiger charge is -2.05. The molecule has 3 rings (SSSR count). The van der Waals surface area contributed by atoms with E-state index in [2.05, 4.69) is 30.3 Å². The summed E-state index contributed by atoms with van der Waals surface area (Å²) in [6.45, 7) is 1.96. The van der Waals surface area contributed by atoms with Crippen LogP contribution in [0.25, 0.3) is 22.4 Å². The van der Waals surface area contributed by atoms with Gasteiger partial charge < -0.3 is 10.2 Å². The van der Waals surface area contributed by atoms with Gasteiger partial charge in [-0.15, -0.1) is 0 Å². The zero-order valence-electron chi connectivity index (χ0n) is 11.7. The van der Waals surface area contributed by atoms with Crippen molar-refractivity contribution in [2.75, 3.05) is 0 Å². The van der Waals surface area contributed by atoms with Crippen LogP contribution in [0, 0.1) is 0 Å². The van der Waals surface area contributed by atoms with Gasteiger partial charge in [0.15, 0.2) is 0 Å². The normalized spacial score (nSPS) is 11.8. The van der Waals surface area contributed by atoms with Crippen LogP contribution in [0.3, 0.4) is 0 Å². The number of phenols is 2. The fourth-order valence-corrected chi connectivity index (χ4v) is 2.45. The highest BCUT2D eigenvalue weighted by Crippen LogP contribution is 2.27. The molecule has 104 valence electrons. The smallest absolute Gasteiger partial charge is 0.119 e. The standard InChI is InChI=1S/C19H16O2/c1-13(17-10-18(20)12-19(21)11-17)8-14-6-7-15-4-2-3-5-16(15)9-14/h2-12,20-21H,1H3/b13-8+. The molecule has 0 aliphatic heterocycles. The van der Waals surface area contributed by atoms with Crippen LogP contribution < -0.4 is 0 Å². The van der Waals surface area contributed by atoms with E-state index < -0.39 is 0 Å². The molecule has 0 aliphatic rings. The second-order valence-electron chi connectivity index (χ2n) is 5.17. The summed E-state index contributed by atoms with van der Waals surface area (Å²) in [6.07, 6.45) is 2.04. The van der Waals surface area contributed by atoms with Crippen LogP contribution >= 0.6 is 0 Å². The molecule has 2 N–H and O–H groups in total. The summed E-state index contributed by atoms with van der Waals surface area (Å²) in [5.41, 5.74) is 2.88. The molecule has 0 saturated heterocycles. The van der Waals surface area contributed by atoms with E-state index >= 15 is 0 Å². The average molecular weight is 276 g/mol. The monoisotopic (exact) mass is 276 g/mol. The quantitative estimate of drug-likeness (QED) is 0.659. The molecular formula is C19H16O2. The molecule has 0 fully saturated rings. The number of phenolic OH excluding ortho intramolecular Hbond substituents is 2. The lowest BCUT2D eigenvalue weighted by atomic mass is 10.0. The minimum Gasteiger partial charge on any atom is -0.508 e. The molecule has 3 aromatic rings. The van der Waals surface area contributed by atoms with E-state index in [1.54, 1.807) is 12.1 Å². The molecule has 0 bridgehead atoms. The van der Waals surface area contributed by atoms with Crippen molar-refractivity contribution in [3.8, 4) is 11.5 Å². The van der Waals surface area contributed by atoms with Gasteiger partial charge in [-0.2, -0.15) is 0 Å². The van der Waals surface area contributed by atoms with Crippen LogP contribution in [-0.4, -0.2) is 10.2 Å². The first-order valence-electron chi connectivity index (χ1n) is 6.82. The number of hydrogen-bond acceptors (Lipinski definition) is 2. The van der Waals surface area contributed by atoms with Crippen molar-refractivity contribution >= 4 is 22.4 Å². The van der Waals surface area contributed by atoms with Gasteiger partial charge in [-0.1, -0.05) is 42.5 Å². The van der Waals surface area contributed by atoms with E-state index in [0.717, 1.165) is 16.7 Å². The Labute approximate surface area is 123 Å². The molecule has 0 aliphatic carbocycles. The van der Waals surface area contributed by atoms with Gasteiger partial charge >= 0.3 is 0 Å². The minimum absolute atomic E-state index is 0.0660. The van der Waals surface area contributed by atoms with E-state index in [9.17, 15) is 10.2 Å². The Balaban J connectivity index is 2.02. The lowest BCUT2D eigenvalue weighted by Crippen LogP contribution is -1.81. The van der Waals surface area contributed by atoms with Crippen LogP contribution in [0.5, 0.6) is 11.5 Å². The van der Waals surface area contributed by atoms with E-state index in [0.29, 0.717) is 0 Å². The second-order valence-corrected chi connectivity index (χ2v) is 5.17. The minimum atomic E-state index is 0.0660. The molecule has 0 amide bonds. The summed E-state index contributed by atoms with van der Waals surface area (Å²) in [7, 11) is 0. The van der Waals surface area contributed by atoms with Crippen LogP contribution in [0.1, 0.15) is 18.1 Å². The third-order valence-corrected chi connectivity index (χ3v) is 3.51. The summed E-state index contributed by atoms with van der Waals surface area (Å²) < 4.78 is 0. The van der Waals surface area contributed by atoms with E-state index in [1.807, 2.05) is 25.1 Å². The summed E-state index contributed by atoms with van der Waals surface area (Å²) in [6, 6.07) is 19.1. The predicted molar refractivity (Wildman–Crippen MR) is 87.3 cm³/mol. The maximum atomic E-state index is 9.56. The predicted octanol–water partition coefficient (Wildman–Crippen LogP) is 4.81. The number of benzene rings is 3. The highest BCUT2D eigenvalue weighted by Gasteiger charge is 2.02. The Morgan fingerprint density at radius 1 is 0.810 bits per heavy atom. The highest BCUT2D eigenvalue weighted by atomic mass is 16.3. The Kier molecular flexibility index (Phi) is 3.36. The van der Waals surface area contributed by atoms with Gasteiger partial charge in [-0.3, -0.25) is 0 Å². The Hall–Kier alpha value is -2.74. The van der Waals surface area contributed by atoms with E-state index in [-0.39, 0.29) is 11.5 Å². The van der Waals surface area contributed by atoms with Crippen LogP contribution in [0.15, 0.2) is 60.7 Å². The maximum Gasteiger partial charge on any atom is 0.119 e. The van der Waals surface area contributed by atoms with Gasteiger partial charge in [0.05, 0.1) is 0 Å². The first kappa shape index (κ1) is 13.3. The van der Waals surface area contributed by atoms with Gasteiger partial charge in [0, 0.05) is 6.07 Å². The first-order chi connectivity index (χ1) is 10.1. The molecule has 0 radical (unpaired) electrons. The topological polar surface area (TPSA) is 40.5 Å². The zero-order chi connectivity index (χ0) is 14.8. The van der Waals surface area contributed by atoms with Crippen molar-refractivity contribution in [3.63, 3.8) is 0 Å². The summed E-state index contributed by atoms with van der Waals surface area (Å²) in [4.78, 5) is 0. The molecular weight excluding hydrogens is 260 g/mol. The average Bonchev–Trinajstić information content (AvgIpc) is 2.46. The number of allylic oxidation sites excluding steroid dienone is 1. The number of aromatic hydroxyl groups is 2. The van der Waals surface area contributed by atoms with Crippen molar-refractivity contribution in [2.24, 2.45) is 0 Å². The summed E-state index contributed by atoms with van der Waals surface area (Å²) >= 11 is 0. The SMILES string of the molecule is C/C(=C\c1ccc2ccccc2c1)c1cc(O)cc(O)c1. The Bertz CT molecular complexity index is 812. The molecule has 0 heterocycles. The maximum absolute atomic E-state index is 9.56. The molecule has 2 heteroatoms. The van der Waals surface area contributed by atoms with Gasteiger partial charge in [-0.05, 0) is 52.6 Å². The van der Waals surface area contributed by atoms with Crippen LogP contribution in [0.4, 0.5) is 0 Å². The molecule has 0 saturated carbocycles. The van der Waals surface area contributed by atoms with Crippen LogP contribution in [-0.2, 0) is 0 Å². The highest BCUT2D eigenvalue weighted by molar-refractivity contribution is 5.88. The van der Waals surface area contributed by atoms with Crippen molar-refractivity contribution < 1.29 is 10.2 Å². The van der Waals surface area contributed by atoms with Crippen molar-refractivity contribution in [2.45, 2.75) is 6.92 Å². The summed E-state index contributed by atoms with van der Waals surface area (Å²) in [5.74, 6) is 0.132. The molecule has 0 atom stereocenters. The molecule has 21 heavy (non-hydrogen) atoms. The number of hydrogen-bond donors (Lipinski definition) is 2. The second kappa shape index (κ2) is 5.33. The van der Waals surface area contributed by atoms with E-state index in [1.165, 1.54) is 16.8 Å². The summed E-state index contributed by atoms with van der Waals surface area (Å²) in [5, 5.41) is 21.5. The Morgan fingerprint density at radius 3 is 2.19 bits per heavy atom. The molecule has 3 aromatic carbocycles. The van der Waals surface area contributed by atoms with Gasteiger partial charge in [-0.25, -0.2) is 0 Å². The fourth-order valence-electron chi connectivity index (χ4n) is 2.45. The Morgan fingerprint density at radius 2 is 1.48 bits per heavy atom. The molecule has 0 unspecified atom stereocenters. The third-order valence-electron chi connectivity index (χ3n) is 3.51. The largest absolute Gasteiger partial charge is 0.508 e. The van der Waals surface area contributed by atoms with Crippen molar-refractivity contribution in [1.29, 1.82) is 0 Å². The lowest BCUT2D eigenvalue weighted by molar-refractivity contribution is 0.450. The molecule has 2 nitrogen and oxygen atoms in total. The van der Waals surface area contributed by atoms with Crippen molar-refractivity contribution in [3.05, 3.63) is 71.8 Å².